The summed E-state index contributed by atoms with van der Waals surface area (Å²) in [6.07, 6.45) is 6.93. The second kappa shape index (κ2) is 6.56. The van der Waals surface area contributed by atoms with Crippen molar-refractivity contribution in [3.05, 3.63) is 96.6 Å². The van der Waals surface area contributed by atoms with Crippen molar-refractivity contribution in [1.82, 2.24) is 14.9 Å². The van der Waals surface area contributed by atoms with E-state index in [1.165, 1.54) is 22.3 Å². The van der Waals surface area contributed by atoms with Crippen LogP contribution >= 0.6 is 0 Å². The number of allylic oxidation sites excluding steroid dienone is 2. The summed E-state index contributed by atoms with van der Waals surface area (Å²) < 4.78 is 1.38. The van der Waals surface area contributed by atoms with Gasteiger partial charge in [-0.05, 0) is 11.1 Å². The fourth-order valence-corrected chi connectivity index (χ4v) is 4.44. The maximum atomic E-state index is 13.4. The average Bonchev–Trinajstić information content (AvgIpc) is 3.36. The van der Waals surface area contributed by atoms with Crippen LogP contribution in [0.5, 0.6) is 0 Å². The quantitative estimate of drug-likeness (QED) is 0.525. The number of hydrogen-bond donors (Lipinski definition) is 0. The van der Waals surface area contributed by atoms with Crippen molar-refractivity contribution in [2.24, 2.45) is 11.8 Å². The van der Waals surface area contributed by atoms with Crippen molar-refractivity contribution in [3.8, 4) is 0 Å². The lowest BCUT2D eigenvalue weighted by atomic mass is 9.68. The highest BCUT2D eigenvalue weighted by Gasteiger charge is 2.55. The Kier molecular flexibility index (Phi) is 3.90. The molecule has 1 aromatic heterocycles. The number of carbonyl (C=O) groups is 2. The molecule has 1 aliphatic heterocycles. The van der Waals surface area contributed by atoms with Crippen LogP contribution in [0.1, 0.15) is 23.0 Å². The summed E-state index contributed by atoms with van der Waals surface area (Å²) in [7, 11) is 0. The summed E-state index contributed by atoms with van der Waals surface area (Å²) in [6.45, 7) is 0. The van der Waals surface area contributed by atoms with E-state index in [9.17, 15) is 9.59 Å². The number of benzene rings is 2. The molecule has 0 saturated carbocycles. The zero-order chi connectivity index (χ0) is 19.1. The van der Waals surface area contributed by atoms with Crippen LogP contribution in [0.15, 0.2) is 85.5 Å². The van der Waals surface area contributed by atoms with Crippen LogP contribution in [0.25, 0.3) is 0 Å². The van der Waals surface area contributed by atoms with E-state index in [4.69, 9.17) is 0 Å². The third-order valence-corrected chi connectivity index (χ3v) is 5.68. The zero-order valence-electron chi connectivity index (χ0n) is 15.0. The smallest absolute Gasteiger partial charge is 0.253 e. The molecule has 0 unspecified atom stereocenters. The Hall–Kier alpha value is -3.54. The molecule has 6 nitrogen and oxygen atoms in total. The van der Waals surface area contributed by atoms with Crippen LogP contribution in [0.2, 0.25) is 0 Å². The number of aromatic nitrogens is 3. The Morgan fingerprint density at radius 2 is 1.07 bits per heavy atom. The van der Waals surface area contributed by atoms with E-state index in [0.29, 0.717) is 0 Å². The third kappa shape index (κ3) is 2.49. The van der Waals surface area contributed by atoms with E-state index >= 15 is 0 Å². The van der Waals surface area contributed by atoms with Crippen LogP contribution in [0.4, 0.5) is 0 Å². The number of hydrogen-bond acceptors (Lipinski definition) is 4. The topological polar surface area (TPSA) is 68.1 Å². The molecule has 4 atom stereocenters. The highest BCUT2D eigenvalue weighted by Crippen LogP contribution is 2.48. The van der Waals surface area contributed by atoms with E-state index in [1.807, 2.05) is 60.7 Å². The molecular weight excluding hydrogens is 352 g/mol. The van der Waals surface area contributed by atoms with Crippen LogP contribution in [-0.2, 0) is 9.59 Å². The maximum absolute atomic E-state index is 13.4. The molecule has 28 heavy (non-hydrogen) atoms. The van der Waals surface area contributed by atoms with Crippen LogP contribution in [0.3, 0.4) is 0 Å². The van der Waals surface area contributed by atoms with Crippen molar-refractivity contribution in [2.75, 3.05) is 5.01 Å². The largest absolute Gasteiger partial charge is 0.272 e. The van der Waals surface area contributed by atoms with E-state index in [0.717, 1.165) is 11.1 Å². The van der Waals surface area contributed by atoms with Gasteiger partial charge in [0.15, 0.2) is 0 Å². The molecule has 2 aliphatic rings. The summed E-state index contributed by atoms with van der Waals surface area (Å²) in [5.41, 5.74) is 2.07. The van der Waals surface area contributed by atoms with Crippen molar-refractivity contribution in [3.63, 3.8) is 0 Å². The fraction of sp³-hybridized carbons (Fsp3) is 0.182. The zero-order valence-corrected chi connectivity index (χ0v) is 15.0. The lowest BCUT2D eigenvalue weighted by Gasteiger charge is -2.32. The summed E-state index contributed by atoms with van der Waals surface area (Å²) in [5, 5.41) is 8.71. The van der Waals surface area contributed by atoms with Gasteiger partial charge >= 0.3 is 0 Å². The Labute approximate surface area is 162 Å². The van der Waals surface area contributed by atoms with Crippen LogP contribution in [0, 0.1) is 11.8 Å². The van der Waals surface area contributed by atoms with Gasteiger partial charge in [0.2, 0.25) is 0 Å². The normalized spacial score (nSPS) is 26.5. The van der Waals surface area contributed by atoms with E-state index in [2.05, 4.69) is 22.3 Å². The van der Waals surface area contributed by atoms with Gasteiger partial charge in [-0.15, -0.1) is 10.2 Å². The van der Waals surface area contributed by atoms with E-state index < -0.39 is 11.8 Å². The highest BCUT2D eigenvalue weighted by atomic mass is 16.2. The van der Waals surface area contributed by atoms with Crippen molar-refractivity contribution in [2.45, 2.75) is 11.8 Å². The standard InChI is InChI=1S/C22H18N4O2/c27-21-19-17(15-7-3-1-4-8-15)11-12-18(16-9-5-2-6-10-16)20(19)22(28)26(21)25-13-23-24-14-25/h1-14,17-20H/t17-,18+,19-,20-/m1/s1. The number of imide groups is 1. The first-order valence-electron chi connectivity index (χ1n) is 9.26. The molecular formula is C22H18N4O2. The van der Waals surface area contributed by atoms with Crippen LogP contribution < -0.4 is 5.01 Å². The average molecular weight is 370 g/mol. The van der Waals surface area contributed by atoms with Crippen molar-refractivity contribution >= 4 is 11.8 Å². The SMILES string of the molecule is O=C1[C@H]2[C@H](C(=O)N1n1cnnc1)[C@H](c1ccccc1)C=C[C@@H]2c1ccccc1. The van der Waals surface area contributed by atoms with Gasteiger partial charge in [-0.3, -0.25) is 9.59 Å². The number of amides is 2. The Bertz CT molecular complexity index is 963. The number of rotatable bonds is 3. The number of nitrogens with zero attached hydrogens (tertiary/aromatic N) is 4. The first-order valence-corrected chi connectivity index (χ1v) is 9.26. The molecule has 3 aromatic rings. The Balaban J connectivity index is 1.64. The lowest BCUT2D eigenvalue weighted by Crippen LogP contribution is -2.40. The Morgan fingerprint density at radius 1 is 0.643 bits per heavy atom. The summed E-state index contributed by atoms with van der Waals surface area (Å²) in [4.78, 5) is 26.8. The molecule has 2 amide bonds. The Morgan fingerprint density at radius 3 is 1.50 bits per heavy atom. The first kappa shape index (κ1) is 16.6. The third-order valence-electron chi connectivity index (χ3n) is 5.68. The summed E-state index contributed by atoms with van der Waals surface area (Å²) >= 11 is 0. The fourth-order valence-electron chi connectivity index (χ4n) is 4.44. The highest BCUT2D eigenvalue weighted by molar-refractivity contribution is 6.17. The molecule has 5 rings (SSSR count). The van der Waals surface area contributed by atoms with E-state index in [-0.39, 0.29) is 23.7 Å². The predicted octanol–water partition coefficient (Wildman–Crippen LogP) is 2.65. The lowest BCUT2D eigenvalue weighted by molar-refractivity contribution is -0.124. The molecule has 0 radical (unpaired) electrons. The number of carbonyl (C=O) groups excluding carboxylic acids is 2. The minimum absolute atomic E-state index is 0.149. The van der Waals surface area contributed by atoms with E-state index in [1.54, 1.807) is 0 Å². The molecule has 2 heterocycles. The molecule has 0 spiro atoms. The van der Waals surface area contributed by atoms with Gasteiger partial charge in [0.1, 0.15) is 12.7 Å². The van der Waals surface area contributed by atoms with Gasteiger partial charge in [-0.25, -0.2) is 4.68 Å². The maximum Gasteiger partial charge on any atom is 0.253 e. The molecule has 0 bridgehead atoms. The van der Waals surface area contributed by atoms with Crippen molar-refractivity contribution in [1.29, 1.82) is 0 Å². The molecule has 6 heteroatoms. The molecule has 1 aliphatic carbocycles. The summed E-state index contributed by atoms with van der Waals surface area (Å²) in [5.74, 6) is -1.66. The monoisotopic (exact) mass is 370 g/mol. The van der Waals surface area contributed by atoms with Crippen LogP contribution in [-0.4, -0.2) is 26.7 Å². The van der Waals surface area contributed by atoms with Gasteiger partial charge in [0, 0.05) is 11.8 Å². The molecule has 138 valence electrons. The van der Waals surface area contributed by atoms with Gasteiger partial charge < -0.3 is 0 Å². The van der Waals surface area contributed by atoms with Gasteiger partial charge in [-0.1, -0.05) is 72.8 Å². The predicted molar refractivity (Wildman–Crippen MR) is 103 cm³/mol. The second-order valence-corrected chi connectivity index (χ2v) is 7.14. The number of fused-ring (bicyclic) bond motifs is 1. The van der Waals surface area contributed by atoms with Gasteiger partial charge in [0.05, 0.1) is 11.8 Å². The molecule has 1 saturated heterocycles. The summed E-state index contributed by atoms with van der Waals surface area (Å²) in [6, 6.07) is 19.8. The molecule has 2 aromatic carbocycles. The minimum atomic E-state index is -0.465. The van der Waals surface area contributed by atoms with Gasteiger partial charge in [-0.2, -0.15) is 5.01 Å². The van der Waals surface area contributed by atoms with Gasteiger partial charge in [0.25, 0.3) is 11.8 Å². The first-order chi connectivity index (χ1) is 13.8. The molecule has 1 fully saturated rings. The minimum Gasteiger partial charge on any atom is -0.272 e. The second-order valence-electron chi connectivity index (χ2n) is 7.14. The van der Waals surface area contributed by atoms with Crippen molar-refractivity contribution < 1.29 is 9.59 Å². The molecule has 0 N–H and O–H groups in total.